The number of hydrogen-bond donors (Lipinski definition) is 2. The lowest BCUT2D eigenvalue weighted by atomic mass is 10.3. The third-order valence-corrected chi connectivity index (χ3v) is 4.45. The van der Waals surface area contributed by atoms with E-state index in [9.17, 15) is 8.42 Å². The van der Waals surface area contributed by atoms with Gasteiger partial charge in [-0.05, 0) is 37.1 Å². The van der Waals surface area contributed by atoms with Gasteiger partial charge in [0.15, 0.2) is 9.84 Å². The SMILES string of the molecule is CCCS(=O)(=O)c1ccc(N/C=C(\N)CC)cc1. The Morgan fingerprint density at radius 1 is 1.28 bits per heavy atom. The first kappa shape index (κ1) is 14.6. The van der Waals surface area contributed by atoms with Crippen LogP contribution in [0, 0.1) is 0 Å². The smallest absolute Gasteiger partial charge is 0.178 e. The first-order valence-electron chi connectivity index (χ1n) is 6.03. The molecule has 0 spiro atoms. The second-order valence-corrected chi connectivity index (χ2v) is 6.17. The zero-order chi connectivity index (χ0) is 13.6. The molecule has 1 aromatic rings. The van der Waals surface area contributed by atoms with Crippen LogP contribution in [-0.2, 0) is 9.84 Å². The van der Waals surface area contributed by atoms with Crippen LogP contribution in [0.25, 0.3) is 0 Å². The Bertz CT molecular complexity index is 504. The lowest BCUT2D eigenvalue weighted by molar-refractivity contribution is 0.595. The molecule has 0 unspecified atom stereocenters. The summed E-state index contributed by atoms with van der Waals surface area (Å²) in [6, 6.07) is 6.70. The van der Waals surface area contributed by atoms with Gasteiger partial charge in [-0.3, -0.25) is 0 Å². The lowest BCUT2D eigenvalue weighted by Crippen LogP contribution is -2.05. The van der Waals surface area contributed by atoms with Crippen LogP contribution in [-0.4, -0.2) is 14.2 Å². The molecular formula is C13H20N2O2S. The summed E-state index contributed by atoms with van der Waals surface area (Å²) in [7, 11) is -3.13. The normalized spacial score (nSPS) is 12.4. The Labute approximate surface area is 109 Å². The zero-order valence-electron chi connectivity index (χ0n) is 10.8. The largest absolute Gasteiger partial charge is 0.401 e. The summed E-state index contributed by atoms with van der Waals surface area (Å²) in [4.78, 5) is 0.363. The lowest BCUT2D eigenvalue weighted by Gasteiger charge is -2.05. The molecule has 0 heterocycles. The van der Waals surface area contributed by atoms with E-state index in [1.54, 1.807) is 30.5 Å². The van der Waals surface area contributed by atoms with Gasteiger partial charge < -0.3 is 11.1 Å². The average Bonchev–Trinajstić information content (AvgIpc) is 2.36. The highest BCUT2D eigenvalue weighted by Crippen LogP contribution is 2.16. The highest BCUT2D eigenvalue weighted by molar-refractivity contribution is 7.91. The molecule has 3 N–H and O–H groups in total. The predicted molar refractivity (Wildman–Crippen MR) is 75.0 cm³/mol. The van der Waals surface area contributed by atoms with Crippen molar-refractivity contribution < 1.29 is 8.42 Å². The zero-order valence-corrected chi connectivity index (χ0v) is 11.6. The number of benzene rings is 1. The molecule has 0 saturated heterocycles. The Morgan fingerprint density at radius 2 is 1.89 bits per heavy atom. The van der Waals surface area contributed by atoms with Gasteiger partial charge in [0.1, 0.15) is 0 Å². The van der Waals surface area contributed by atoms with Gasteiger partial charge in [0.25, 0.3) is 0 Å². The minimum absolute atomic E-state index is 0.183. The van der Waals surface area contributed by atoms with Gasteiger partial charge in [0, 0.05) is 17.6 Å². The van der Waals surface area contributed by atoms with E-state index in [2.05, 4.69) is 5.32 Å². The highest BCUT2D eigenvalue weighted by Gasteiger charge is 2.12. The summed E-state index contributed by atoms with van der Waals surface area (Å²) in [6.07, 6.45) is 3.11. The molecular weight excluding hydrogens is 248 g/mol. The fourth-order valence-corrected chi connectivity index (χ4v) is 2.75. The third kappa shape index (κ3) is 4.07. The fraction of sp³-hybridized carbons (Fsp3) is 0.385. The third-order valence-electron chi connectivity index (χ3n) is 2.52. The van der Waals surface area contributed by atoms with Crippen LogP contribution in [0.15, 0.2) is 41.1 Å². The molecule has 0 saturated carbocycles. The standard InChI is InChI=1S/C13H20N2O2S/c1-3-9-18(16,17)13-7-5-12(6-8-13)15-10-11(14)4-2/h5-8,10,15H,3-4,9,14H2,1-2H3/b11-10-. The number of anilines is 1. The highest BCUT2D eigenvalue weighted by atomic mass is 32.2. The van der Waals surface area contributed by atoms with Crippen molar-refractivity contribution in [1.82, 2.24) is 0 Å². The molecule has 0 aliphatic carbocycles. The summed E-state index contributed by atoms with van der Waals surface area (Å²) in [5, 5.41) is 3.02. The summed E-state index contributed by atoms with van der Waals surface area (Å²) < 4.78 is 23.6. The molecule has 0 atom stereocenters. The summed E-state index contributed by atoms with van der Waals surface area (Å²) in [6.45, 7) is 3.82. The second-order valence-electron chi connectivity index (χ2n) is 4.06. The maximum absolute atomic E-state index is 11.8. The van der Waals surface area contributed by atoms with E-state index in [4.69, 9.17) is 5.73 Å². The van der Waals surface area contributed by atoms with Crippen LogP contribution in [0.2, 0.25) is 0 Å². The van der Waals surface area contributed by atoms with Crippen LogP contribution in [0.5, 0.6) is 0 Å². The van der Waals surface area contributed by atoms with E-state index in [1.807, 2.05) is 13.8 Å². The predicted octanol–water partition coefficient (Wildman–Crippen LogP) is 2.49. The van der Waals surface area contributed by atoms with E-state index in [0.29, 0.717) is 11.3 Å². The Hall–Kier alpha value is -1.49. The van der Waals surface area contributed by atoms with Crippen molar-refractivity contribution in [3.8, 4) is 0 Å². The maximum Gasteiger partial charge on any atom is 0.178 e. The second kappa shape index (κ2) is 6.44. The van der Waals surface area contributed by atoms with Gasteiger partial charge in [-0.25, -0.2) is 8.42 Å². The van der Waals surface area contributed by atoms with E-state index in [1.165, 1.54) is 0 Å². The number of allylic oxidation sites excluding steroid dienone is 1. The van der Waals surface area contributed by atoms with Crippen molar-refractivity contribution in [2.45, 2.75) is 31.6 Å². The molecule has 0 aliphatic heterocycles. The quantitative estimate of drug-likeness (QED) is 0.831. The topological polar surface area (TPSA) is 72.2 Å². The van der Waals surface area contributed by atoms with Crippen molar-refractivity contribution in [1.29, 1.82) is 0 Å². The van der Waals surface area contributed by atoms with Crippen LogP contribution in [0.4, 0.5) is 5.69 Å². The Kier molecular flexibility index (Phi) is 5.22. The number of sulfone groups is 1. The van der Waals surface area contributed by atoms with E-state index in [-0.39, 0.29) is 5.75 Å². The molecule has 18 heavy (non-hydrogen) atoms. The number of hydrogen-bond acceptors (Lipinski definition) is 4. The van der Waals surface area contributed by atoms with Crippen molar-refractivity contribution >= 4 is 15.5 Å². The summed E-state index contributed by atoms with van der Waals surface area (Å²) in [5.74, 6) is 0.183. The fourth-order valence-electron chi connectivity index (χ4n) is 1.42. The van der Waals surface area contributed by atoms with Crippen LogP contribution in [0.3, 0.4) is 0 Å². The van der Waals surface area contributed by atoms with Gasteiger partial charge in [0.05, 0.1) is 10.6 Å². The molecule has 0 aliphatic rings. The van der Waals surface area contributed by atoms with Gasteiger partial charge in [0.2, 0.25) is 0 Å². The molecule has 1 aromatic carbocycles. The molecule has 100 valence electrons. The first-order valence-corrected chi connectivity index (χ1v) is 7.68. The van der Waals surface area contributed by atoms with E-state index in [0.717, 1.165) is 17.8 Å². The van der Waals surface area contributed by atoms with Crippen LogP contribution >= 0.6 is 0 Å². The monoisotopic (exact) mass is 268 g/mol. The first-order chi connectivity index (χ1) is 8.49. The molecule has 0 amide bonds. The molecule has 0 fully saturated rings. The number of nitrogens with two attached hydrogens (primary N) is 1. The molecule has 0 radical (unpaired) electrons. The van der Waals surface area contributed by atoms with Crippen molar-refractivity contribution in [3.63, 3.8) is 0 Å². The van der Waals surface area contributed by atoms with Crippen molar-refractivity contribution in [2.75, 3.05) is 11.1 Å². The van der Waals surface area contributed by atoms with Gasteiger partial charge in [-0.1, -0.05) is 13.8 Å². The minimum atomic E-state index is -3.13. The van der Waals surface area contributed by atoms with Gasteiger partial charge in [-0.15, -0.1) is 0 Å². The molecule has 0 aromatic heterocycles. The maximum atomic E-state index is 11.8. The van der Waals surface area contributed by atoms with Crippen LogP contribution in [0.1, 0.15) is 26.7 Å². The Morgan fingerprint density at radius 3 is 2.39 bits per heavy atom. The molecule has 4 nitrogen and oxygen atoms in total. The average molecular weight is 268 g/mol. The molecule has 1 rings (SSSR count). The van der Waals surface area contributed by atoms with E-state index < -0.39 is 9.84 Å². The van der Waals surface area contributed by atoms with Crippen molar-refractivity contribution in [2.24, 2.45) is 5.73 Å². The van der Waals surface area contributed by atoms with Gasteiger partial charge >= 0.3 is 0 Å². The van der Waals surface area contributed by atoms with E-state index >= 15 is 0 Å². The summed E-state index contributed by atoms with van der Waals surface area (Å²) in [5.41, 5.74) is 7.23. The number of rotatable bonds is 6. The summed E-state index contributed by atoms with van der Waals surface area (Å²) >= 11 is 0. The van der Waals surface area contributed by atoms with Gasteiger partial charge in [-0.2, -0.15) is 0 Å². The Balaban J connectivity index is 2.81. The molecule has 5 heteroatoms. The minimum Gasteiger partial charge on any atom is -0.401 e. The van der Waals surface area contributed by atoms with Crippen LogP contribution < -0.4 is 11.1 Å². The number of nitrogens with one attached hydrogen (secondary N) is 1. The molecule has 0 bridgehead atoms. The van der Waals surface area contributed by atoms with Crippen molar-refractivity contribution in [3.05, 3.63) is 36.2 Å².